The Morgan fingerprint density at radius 1 is 1.13 bits per heavy atom. The molecule has 1 aliphatic heterocycles. The normalized spacial score (nSPS) is 21.5. The van der Waals surface area contributed by atoms with Gasteiger partial charge in [0.05, 0.1) is 7.11 Å². The Bertz CT molecular complexity index is 647. The smallest absolute Gasteiger partial charge is 0.126 e. The summed E-state index contributed by atoms with van der Waals surface area (Å²) in [6.07, 6.45) is 0. The largest absolute Gasteiger partial charge is 0.508 e. The zero-order valence-electron chi connectivity index (χ0n) is 13.3. The molecule has 1 aliphatic rings. The first-order valence-electron chi connectivity index (χ1n) is 7.91. The summed E-state index contributed by atoms with van der Waals surface area (Å²) < 4.78 is 5.46. The van der Waals surface area contributed by atoms with Gasteiger partial charge in [0.15, 0.2) is 0 Å². The number of aromatic hydroxyl groups is 1. The maximum absolute atomic E-state index is 10.3. The fraction of sp³-hybridized carbons (Fsp3) is 0.368. The summed E-state index contributed by atoms with van der Waals surface area (Å²) in [6.45, 7) is 2.71. The molecule has 0 aliphatic carbocycles. The van der Waals surface area contributed by atoms with Crippen LogP contribution in [0.3, 0.4) is 0 Å². The number of hydrogen-bond donors (Lipinski definition) is 1. The van der Waals surface area contributed by atoms with E-state index in [0.717, 1.165) is 30.9 Å². The standard InChI is InChI=1S/C19H22ClNO2/c1-23-18-9-5-8-17(22)19(18)16-13-21(12-15(16)10-20)11-14-6-3-2-4-7-14/h2-9,15-16,22H,10-13H2,1H3. The Morgan fingerprint density at radius 3 is 2.61 bits per heavy atom. The third-order valence-corrected chi connectivity index (χ3v) is 4.99. The second kappa shape index (κ2) is 7.24. The lowest BCUT2D eigenvalue weighted by Gasteiger charge is -2.20. The highest BCUT2D eigenvalue weighted by molar-refractivity contribution is 6.18. The van der Waals surface area contributed by atoms with E-state index in [1.165, 1.54) is 5.56 Å². The average molecular weight is 332 g/mol. The van der Waals surface area contributed by atoms with E-state index in [1.807, 2.05) is 18.2 Å². The van der Waals surface area contributed by atoms with Gasteiger partial charge in [-0.1, -0.05) is 36.4 Å². The Labute approximate surface area is 142 Å². The van der Waals surface area contributed by atoms with Crippen LogP contribution in [0, 0.1) is 5.92 Å². The number of alkyl halides is 1. The molecule has 122 valence electrons. The summed E-state index contributed by atoms with van der Waals surface area (Å²) in [5.74, 6) is 2.11. The van der Waals surface area contributed by atoms with E-state index in [-0.39, 0.29) is 5.92 Å². The monoisotopic (exact) mass is 331 g/mol. The van der Waals surface area contributed by atoms with Gasteiger partial charge in [-0.25, -0.2) is 0 Å². The van der Waals surface area contributed by atoms with Crippen molar-refractivity contribution in [2.75, 3.05) is 26.1 Å². The number of hydrogen-bond acceptors (Lipinski definition) is 3. The molecule has 23 heavy (non-hydrogen) atoms. The highest BCUT2D eigenvalue weighted by Gasteiger charge is 2.36. The van der Waals surface area contributed by atoms with Crippen molar-refractivity contribution in [3.8, 4) is 11.5 Å². The molecule has 0 amide bonds. The average Bonchev–Trinajstić information content (AvgIpc) is 2.97. The van der Waals surface area contributed by atoms with Gasteiger partial charge in [-0.3, -0.25) is 4.90 Å². The molecule has 1 heterocycles. The predicted molar refractivity (Wildman–Crippen MR) is 93.3 cm³/mol. The van der Waals surface area contributed by atoms with Crippen LogP contribution in [0.15, 0.2) is 48.5 Å². The van der Waals surface area contributed by atoms with Crippen molar-refractivity contribution in [3.63, 3.8) is 0 Å². The van der Waals surface area contributed by atoms with Crippen molar-refractivity contribution in [2.45, 2.75) is 12.5 Å². The van der Waals surface area contributed by atoms with Crippen molar-refractivity contribution >= 4 is 11.6 Å². The number of ether oxygens (including phenoxy) is 1. The molecule has 2 aromatic carbocycles. The molecule has 1 N–H and O–H groups in total. The van der Waals surface area contributed by atoms with Gasteiger partial charge < -0.3 is 9.84 Å². The minimum absolute atomic E-state index is 0.187. The molecule has 3 nitrogen and oxygen atoms in total. The number of phenols is 1. The summed E-state index contributed by atoms with van der Waals surface area (Å²) in [5.41, 5.74) is 2.18. The van der Waals surface area contributed by atoms with Gasteiger partial charge in [0.1, 0.15) is 11.5 Å². The molecule has 0 spiro atoms. The summed E-state index contributed by atoms with van der Waals surface area (Å²) in [7, 11) is 1.64. The molecule has 2 aromatic rings. The van der Waals surface area contributed by atoms with Crippen molar-refractivity contribution in [1.82, 2.24) is 4.90 Å². The second-order valence-corrected chi connectivity index (χ2v) is 6.40. The van der Waals surface area contributed by atoms with Crippen LogP contribution in [-0.2, 0) is 6.54 Å². The number of likely N-dealkylation sites (tertiary alicyclic amines) is 1. The van der Waals surface area contributed by atoms with E-state index in [9.17, 15) is 5.11 Å². The first kappa shape index (κ1) is 16.2. The van der Waals surface area contributed by atoms with E-state index in [1.54, 1.807) is 13.2 Å². The Hall–Kier alpha value is -1.71. The number of methoxy groups -OCH3 is 1. The summed E-state index contributed by atoms with van der Waals surface area (Å²) in [4.78, 5) is 2.40. The van der Waals surface area contributed by atoms with Gasteiger partial charge in [0.2, 0.25) is 0 Å². The SMILES string of the molecule is COc1cccc(O)c1C1CN(Cc2ccccc2)CC1CCl. The minimum Gasteiger partial charge on any atom is -0.508 e. The Kier molecular flexibility index (Phi) is 5.09. The molecule has 3 rings (SSSR count). The fourth-order valence-corrected chi connectivity index (χ4v) is 3.81. The highest BCUT2D eigenvalue weighted by Crippen LogP contribution is 2.42. The molecule has 2 atom stereocenters. The topological polar surface area (TPSA) is 32.7 Å². The molecule has 0 bridgehead atoms. The first-order chi connectivity index (χ1) is 11.2. The van der Waals surface area contributed by atoms with Crippen LogP contribution >= 0.6 is 11.6 Å². The number of benzene rings is 2. The van der Waals surface area contributed by atoms with Crippen LogP contribution < -0.4 is 4.74 Å². The zero-order valence-corrected chi connectivity index (χ0v) is 14.0. The van der Waals surface area contributed by atoms with E-state index >= 15 is 0 Å². The van der Waals surface area contributed by atoms with Gasteiger partial charge in [-0.05, 0) is 23.6 Å². The van der Waals surface area contributed by atoms with E-state index in [0.29, 0.717) is 17.5 Å². The second-order valence-electron chi connectivity index (χ2n) is 6.09. The molecule has 0 radical (unpaired) electrons. The number of rotatable bonds is 5. The fourth-order valence-electron chi connectivity index (χ4n) is 3.50. The van der Waals surface area contributed by atoms with Crippen LogP contribution in [0.4, 0.5) is 0 Å². The quantitative estimate of drug-likeness (QED) is 0.845. The maximum atomic E-state index is 10.3. The Balaban J connectivity index is 1.83. The van der Waals surface area contributed by atoms with Crippen molar-refractivity contribution in [1.29, 1.82) is 0 Å². The highest BCUT2D eigenvalue weighted by atomic mass is 35.5. The van der Waals surface area contributed by atoms with Crippen molar-refractivity contribution < 1.29 is 9.84 Å². The number of nitrogens with zero attached hydrogens (tertiary/aromatic N) is 1. The lowest BCUT2D eigenvalue weighted by molar-refractivity contribution is 0.318. The van der Waals surface area contributed by atoms with Gasteiger partial charge in [-0.2, -0.15) is 0 Å². The van der Waals surface area contributed by atoms with Crippen molar-refractivity contribution in [2.24, 2.45) is 5.92 Å². The molecule has 0 saturated carbocycles. The Morgan fingerprint density at radius 2 is 1.91 bits per heavy atom. The molecule has 0 aromatic heterocycles. The number of phenolic OH excluding ortho intramolecular Hbond substituents is 1. The third-order valence-electron chi connectivity index (χ3n) is 4.60. The maximum Gasteiger partial charge on any atom is 0.126 e. The van der Waals surface area contributed by atoms with E-state index < -0.39 is 0 Å². The van der Waals surface area contributed by atoms with E-state index in [4.69, 9.17) is 16.3 Å². The summed E-state index contributed by atoms with van der Waals surface area (Å²) in [5, 5.41) is 10.3. The van der Waals surface area contributed by atoms with Crippen molar-refractivity contribution in [3.05, 3.63) is 59.7 Å². The predicted octanol–water partition coefficient (Wildman–Crippen LogP) is 3.86. The molecule has 2 unspecified atom stereocenters. The lowest BCUT2D eigenvalue weighted by atomic mass is 9.89. The van der Waals surface area contributed by atoms with Crippen LogP contribution in [0.1, 0.15) is 17.0 Å². The van der Waals surface area contributed by atoms with Gasteiger partial charge >= 0.3 is 0 Å². The summed E-state index contributed by atoms with van der Waals surface area (Å²) in [6, 6.07) is 15.9. The minimum atomic E-state index is 0.187. The third kappa shape index (κ3) is 3.46. The van der Waals surface area contributed by atoms with Gasteiger partial charge in [-0.15, -0.1) is 11.6 Å². The van der Waals surface area contributed by atoms with Gasteiger partial charge in [0.25, 0.3) is 0 Å². The van der Waals surface area contributed by atoms with E-state index in [2.05, 4.69) is 29.2 Å². The summed E-state index contributed by atoms with van der Waals surface area (Å²) >= 11 is 6.22. The lowest BCUT2D eigenvalue weighted by Crippen LogP contribution is -2.20. The van der Waals surface area contributed by atoms with Crippen LogP contribution in [0.2, 0.25) is 0 Å². The number of halogens is 1. The van der Waals surface area contributed by atoms with Crippen LogP contribution in [0.25, 0.3) is 0 Å². The van der Waals surface area contributed by atoms with Crippen LogP contribution in [0.5, 0.6) is 11.5 Å². The zero-order chi connectivity index (χ0) is 16.2. The molecular formula is C19H22ClNO2. The molecule has 1 fully saturated rings. The molecular weight excluding hydrogens is 310 g/mol. The van der Waals surface area contributed by atoms with Crippen LogP contribution in [-0.4, -0.2) is 36.1 Å². The molecule has 1 saturated heterocycles. The first-order valence-corrected chi connectivity index (χ1v) is 8.44. The molecule has 4 heteroatoms. The van der Waals surface area contributed by atoms with Gasteiger partial charge in [0, 0.05) is 37.0 Å².